The third-order valence-electron chi connectivity index (χ3n) is 3.62. The molecular weight excluding hydrogens is 229 g/mol. The summed E-state index contributed by atoms with van der Waals surface area (Å²) in [7, 11) is 1.58. The van der Waals surface area contributed by atoms with Gasteiger partial charge < -0.3 is 4.74 Å². The molecule has 0 radical (unpaired) electrons. The van der Waals surface area contributed by atoms with Gasteiger partial charge in [-0.15, -0.1) is 0 Å². The molecule has 3 heteroatoms. The molecule has 0 bridgehead atoms. The van der Waals surface area contributed by atoms with Gasteiger partial charge in [0.05, 0.1) is 7.11 Å². The van der Waals surface area contributed by atoms with Crippen molar-refractivity contribution in [3.05, 3.63) is 35.8 Å². The Morgan fingerprint density at radius 3 is 2.61 bits per heavy atom. The number of nitrogens with zero attached hydrogens (tertiary/aromatic N) is 1. The van der Waals surface area contributed by atoms with Gasteiger partial charge in [0.15, 0.2) is 0 Å². The summed E-state index contributed by atoms with van der Waals surface area (Å²) in [6.07, 6.45) is 2.76. The average molecular weight is 247 g/mol. The lowest BCUT2D eigenvalue weighted by atomic mass is 9.81. The molecular formula is C15H18FNO. The SMILES string of the molecule is CCC(C)(C)c1cnc(OC)c2ccc(F)cc12. The largest absolute Gasteiger partial charge is 0.481 e. The van der Waals surface area contributed by atoms with Gasteiger partial charge >= 0.3 is 0 Å². The van der Waals surface area contributed by atoms with Gasteiger partial charge in [-0.2, -0.15) is 0 Å². The number of methoxy groups -OCH3 is 1. The smallest absolute Gasteiger partial charge is 0.221 e. The Morgan fingerprint density at radius 2 is 2.00 bits per heavy atom. The highest BCUT2D eigenvalue weighted by atomic mass is 19.1. The van der Waals surface area contributed by atoms with E-state index >= 15 is 0 Å². The van der Waals surface area contributed by atoms with Gasteiger partial charge in [0.25, 0.3) is 0 Å². The van der Waals surface area contributed by atoms with Crippen LogP contribution in [0.4, 0.5) is 4.39 Å². The molecule has 0 saturated carbocycles. The maximum Gasteiger partial charge on any atom is 0.221 e. The number of benzene rings is 1. The van der Waals surface area contributed by atoms with Crippen LogP contribution in [0.1, 0.15) is 32.8 Å². The van der Waals surface area contributed by atoms with Crippen LogP contribution in [-0.4, -0.2) is 12.1 Å². The first-order valence-corrected chi connectivity index (χ1v) is 6.12. The standard InChI is InChI=1S/C15H18FNO/c1-5-15(2,3)13-9-17-14(18-4)11-7-6-10(16)8-12(11)13/h6-9H,5H2,1-4H3. The van der Waals surface area contributed by atoms with Crippen LogP contribution in [0, 0.1) is 5.82 Å². The summed E-state index contributed by atoms with van der Waals surface area (Å²) in [6.45, 7) is 6.40. The first-order valence-electron chi connectivity index (χ1n) is 6.12. The van der Waals surface area contributed by atoms with Gasteiger partial charge in [-0.1, -0.05) is 20.8 Å². The summed E-state index contributed by atoms with van der Waals surface area (Å²) in [6, 6.07) is 4.73. The highest BCUT2D eigenvalue weighted by Crippen LogP contribution is 2.35. The van der Waals surface area contributed by atoms with Crippen LogP contribution < -0.4 is 4.74 Å². The Balaban J connectivity index is 2.80. The summed E-state index contributed by atoms with van der Waals surface area (Å²) >= 11 is 0. The predicted octanol–water partition coefficient (Wildman–Crippen LogP) is 4.07. The molecule has 0 amide bonds. The van der Waals surface area contributed by atoms with Crippen LogP contribution in [-0.2, 0) is 5.41 Å². The molecule has 0 N–H and O–H groups in total. The molecule has 0 spiro atoms. The van der Waals surface area contributed by atoms with Crippen LogP contribution >= 0.6 is 0 Å². The Morgan fingerprint density at radius 1 is 1.28 bits per heavy atom. The number of hydrogen-bond acceptors (Lipinski definition) is 2. The van der Waals surface area contributed by atoms with Crippen LogP contribution in [0.2, 0.25) is 0 Å². The molecule has 2 aromatic rings. The van der Waals surface area contributed by atoms with E-state index < -0.39 is 0 Å². The van der Waals surface area contributed by atoms with E-state index in [9.17, 15) is 4.39 Å². The van der Waals surface area contributed by atoms with Crippen LogP contribution in [0.15, 0.2) is 24.4 Å². The van der Waals surface area contributed by atoms with E-state index in [1.54, 1.807) is 25.4 Å². The number of fused-ring (bicyclic) bond motifs is 1. The van der Waals surface area contributed by atoms with Gasteiger partial charge in [-0.05, 0) is 41.0 Å². The van der Waals surface area contributed by atoms with E-state index in [4.69, 9.17) is 4.74 Å². The Kier molecular flexibility index (Phi) is 3.24. The van der Waals surface area contributed by atoms with Gasteiger partial charge in [-0.3, -0.25) is 0 Å². The van der Waals surface area contributed by atoms with Crippen molar-refractivity contribution in [2.45, 2.75) is 32.6 Å². The van der Waals surface area contributed by atoms with Gasteiger partial charge in [-0.25, -0.2) is 9.37 Å². The van der Waals surface area contributed by atoms with Gasteiger partial charge in [0.1, 0.15) is 5.82 Å². The number of halogens is 1. The zero-order valence-electron chi connectivity index (χ0n) is 11.2. The van der Waals surface area contributed by atoms with Crippen molar-refractivity contribution in [3.8, 4) is 5.88 Å². The third kappa shape index (κ3) is 2.05. The zero-order valence-corrected chi connectivity index (χ0v) is 11.2. The number of pyridine rings is 1. The van der Waals surface area contributed by atoms with E-state index in [-0.39, 0.29) is 11.2 Å². The van der Waals surface area contributed by atoms with Gasteiger partial charge in [0.2, 0.25) is 5.88 Å². The zero-order chi connectivity index (χ0) is 13.3. The minimum absolute atomic E-state index is 0.0364. The Hall–Kier alpha value is -1.64. The molecule has 0 aliphatic carbocycles. The summed E-state index contributed by atoms with van der Waals surface area (Å²) in [4.78, 5) is 4.32. The first kappa shape index (κ1) is 12.8. The molecule has 0 aliphatic rings. The van der Waals surface area contributed by atoms with Crippen molar-refractivity contribution in [2.75, 3.05) is 7.11 Å². The Labute approximate surface area is 107 Å². The highest BCUT2D eigenvalue weighted by molar-refractivity contribution is 5.90. The van der Waals surface area contributed by atoms with E-state index in [0.29, 0.717) is 5.88 Å². The van der Waals surface area contributed by atoms with Crippen molar-refractivity contribution in [2.24, 2.45) is 0 Å². The fourth-order valence-corrected chi connectivity index (χ4v) is 2.08. The lowest BCUT2D eigenvalue weighted by Crippen LogP contribution is -2.16. The average Bonchev–Trinajstić information content (AvgIpc) is 2.36. The topological polar surface area (TPSA) is 22.1 Å². The van der Waals surface area contributed by atoms with E-state index in [2.05, 4.69) is 25.8 Å². The van der Waals surface area contributed by atoms with Crippen molar-refractivity contribution in [1.82, 2.24) is 4.98 Å². The number of aromatic nitrogens is 1. The molecule has 0 unspecified atom stereocenters. The molecule has 18 heavy (non-hydrogen) atoms. The van der Waals surface area contributed by atoms with E-state index in [0.717, 1.165) is 22.8 Å². The van der Waals surface area contributed by atoms with Crippen LogP contribution in [0.5, 0.6) is 5.88 Å². The quantitative estimate of drug-likeness (QED) is 0.815. The summed E-state index contributed by atoms with van der Waals surface area (Å²) in [5, 5.41) is 1.74. The lowest BCUT2D eigenvalue weighted by Gasteiger charge is -2.25. The number of ether oxygens (including phenoxy) is 1. The molecule has 0 aliphatic heterocycles. The number of hydrogen-bond donors (Lipinski definition) is 0. The number of rotatable bonds is 3. The van der Waals surface area contributed by atoms with Crippen molar-refractivity contribution in [3.63, 3.8) is 0 Å². The monoisotopic (exact) mass is 247 g/mol. The van der Waals surface area contributed by atoms with Gasteiger partial charge in [0, 0.05) is 11.6 Å². The van der Waals surface area contributed by atoms with Crippen molar-refractivity contribution >= 4 is 10.8 Å². The van der Waals surface area contributed by atoms with Crippen LogP contribution in [0.25, 0.3) is 10.8 Å². The lowest BCUT2D eigenvalue weighted by molar-refractivity contribution is 0.402. The highest BCUT2D eigenvalue weighted by Gasteiger charge is 2.22. The van der Waals surface area contributed by atoms with Crippen molar-refractivity contribution in [1.29, 1.82) is 0 Å². The summed E-state index contributed by atoms with van der Waals surface area (Å²) in [5.41, 5.74) is 1.02. The third-order valence-corrected chi connectivity index (χ3v) is 3.62. The molecule has 96 valence electrons. The van der Waals surface area contributed by atoms with E-state index in [1.165, 1.54) is 6.07 Å². The van der Waals surface area contributed by atoms with Crippen LogP contribution in [0.3, 0.4) is 0 Å². The molecule has 1 aromatic heterocycles. The second-order valence-corrected chi connectivity index (χ2v) is 5.11. The minimum Gasteiger partial charge on any atom is -0.481 e. The molecule has 1 aromatic carbocycles. The first-order chi connectivity index (χ1) is 8.49. The molecule has 2 rings (SSSR count). The molecule has 0 saturated heterocycles. The maximum absolute atomic E-state index is 13.5. The predicted molar refractivity (Wildman–Crippen MR) is 71.6 cm³/mol. The normalized spacial score (nSPS) is 11.8. The minimum atomic E-state index is -0.232. The summed E-state index contributed by atoms with van der Waals surface area (Å²) < 4.78 is 18.7. The van der Waals surface area contributed by atoms with E-state index in [1.807, 2.05) is 0 Å². The molecule has 0 fully saturated rings. The Bertz CT molecular complexity index is 578. The maximum atomic E-state index is 13.5. The second-order valence-electron chi connectivity index (χ2n) is 5.11. The molecule has 0 atom stereocenters. The molecule has 2 nitrogen and oxygen atoms in total. The second kappa shape index (κ2) is 4.56. The fraction of sp³-hybridized carbons (Fsp3) is 0.400. The fourth-order valence-electron chi connectivity index (χ4n) is 2.08. The van der Waals surface area contributed by atoms with Crippen molar-refractivity contribution < 1.29 is 9.13 Å². The summed E-state index contributed by atoms with van der Waals surface area (Å²) in [5.74, 6) is 0.310. The molecule has 1 heterocycles.